The van der Waals surface area contributed by atoms with Gasteiger partial charge in [-0.3, -0.25) is 9.59 Å². The number of ether oxygens (including phenoxy) is 1. The molecule has 1 atom stereocenters. The van der Waals surface area contributed by atoms with E-state index in [9.17, 15) is 35.9 Å². The van der Waals surface area contributed by atoms with Gasteiger partial charge in [-0.15, -0.1) is 13.2 Å². The van der Waals surface area contributed by atoms with E-state index >= 15 is 0 Å². The molecule has 1 unspecified atom stereocenters. The van der Waals surface area contributed by atoms with Crippen LogP contribution in [0, 0.1) is 0 Å². The van der Waals surface area contributed by atoms with Crippen LogP contribution in [0.15, 0.2) is 0 Å². The number of carbonyl (C=O) groups excluding carboxylic acids is 1. The van der Waals surface area contributed by atoms with Gasteiger partial charge in [0.15, 0.2) is 5.25 Å². The molecule has 0 bridgehead atoms. The van der Waals surface area contributed by atoms with E-state index in [1.54, 1.807) is 0 Å². The van der Waals surface area contributed by atoms with E-state index in [0.29, 0.717) is 0 Å². The molecule has 0 aromatic carbocycles. The summed E-state index contributed by atoms with van der Waals surface area (Å²) in [5, 5.41) is 5.15. The van der Waals surface area contributed by atoms with Gasteiger partial charge in [0, 0.05) is 0 Å². The van der Waals surface area contributed by atoms with Gasteiger partial charge in [0.2, 0.25) is 0 Å². The smallest absolute Gasteiger partial charge is 0.480 e. The van der Waals surface area contributed by atoms with E-state index in [1.807, 2.05) is 0 Å². The minimum atomic E-state index is -4.88. The van der Waals surface area contributed by atoms with Crippen LogP contribution >= 0.6 is 25.3 Å². The Kier molecular flexibility index (Phi) is 8.27. The number of carboxylic acid groups (broad SMARTS) is 1. The zero-order valence-corrected chi connectivity index (χ0v) is 9.91. The lowest BCUT2D eigenvalue weighted by atomic mass is 10.4. The van der Waals surface area contributed by atoms with Crippen molar-refractivity contribution in [2.24, 2.45) is 0 Å². The summed E-state index contributed by atoms with van der Waals surface area (Å²) in [5.41, 5.74) is 0. The molecule has 0 aliphatic rings. The predicted octanol–water partition coefficient (Wildman–Crippen LogP) is 1.91. The Morgan fingerprint density at radius 1 is 1.17 bits per heavy atom. The third-order valence-corrected chi connectivity index (χ3v) is 1.67. The van der Waals surface area contributed by atoms with E-state index in [1.165, 1.54) is 0 Å². The van der Waals surface area contributed by atoms with Gasteiger partial charge in [0.25, 0.3) is 0 Å². The lowest BCUT2D eigenvalue weighted by Crippen LogP contribution is -2.31. The lowest BCUT2D eigenvalue weighted by molar-refractivity contribution is -0.304. The van der Waals surface area contributed by atoms with Crippen LogP contribution in [0.3, 0.4) is 0 Å². The summed E-state index contributed by atoms with van der Waals surface area (Å²) in [5.74, 6) is -3.95. The van der Waals surface area contributed by atoms with Crippen molar-refractivity contribution in [3.63, 3.8) is 0 Å². The van der Waals surface area contributed by atoms with Gasteiger partial charge >= 0.3 is 24.5 Å². The number of halogens is 6. The molecule has 0 amide bonds. The second kappa shape index (κ2) is 7.61. The average Bonchev–Trinajstić information content (AvgIpc) is 2.13. The summed E-state index contributed by atoms with van der Waals surface area (Å²) >= 11 is 6.03. The van der Waals surface area contributed by atoms with Crippen LogP contribution in [0.2, 0.25) is 0 Å². The Labute approximate surface area is 107 Å². The molecule has 0 spiro atoms. The quantitative estimate of drug-likeness (QED) is 0.413. The highest BCUT2D eigenvalue weighted by atomic mass is 32.1. The summed E-state index contributed by atoms with van der Waals surface area (Å²) in [6.07, 6.45) is -9.63. The molecule has 0 saturated heterocycles. The number of alkyl halides is 6. The highest BCUT2D eigenvalue weighted by Crippen LogP contribution is 2.24. The van der Waals surface area contributed by atoms with Gasteiger partial charge < -0.3 is 9.84 Å². The first-order valence-corrected chi connectivity index (χ1v) is 4.83. The number of hydrogen-bond donors (Lipinski definition) is 3. The molecule has 0 aromatic heterocycles. The van der Waals surface area contributed by atoms with E-state index in [2.05, 4.69) is 30.0 Å². The third-order valence-electron chi connectivity index (χ3n) is 0.903. The molecular formula is C6H6F6O4S2. The maximum absolute atomic E-state index is 11.2. The van der Waals surface area contributed by atoms with Gasteiger partial charge in [0.1, 0.15) is 0 Å². The minimum Gasteiger partial charge on any atom is -0.480 e. The maximum atomic E-state index is 11.2. The SMILES string of the molecule is O=C(CS)OC(F)(F)F.O=C(O)C(S)C(F)(F)F. The second-order valence-corrected chi connectivity index (χ2v) is 3.19. The van der Waals surface area contributed by atoms with Crippen LogP contribution in [0.25, 0.3) is 0 Å². The molecule has 0 saturated carbocycles. The lowest BCUT2D eigenvalue weighted by Gasteiger charge is -2.08. The Hall–Kier alpha value is -0.780. The number of carbonyl (C=O) groups is 2. The Morgan fingerprint density at radius 3 is 1.61 bits per heavy atom. The molecule has 0 radical (unpaired) electrons. The van der Waals surface area contributed by atoms with Crippen molar-refractivity contribution in [3.8, 4) is 0 Å². The molecule has 0 aromatic rings. The summed E-state index contributed by atoms with van der Waals surface area (Å²) in [6.45, 7) is 0. The molecule has 108 valence electrons. The number of carboxylic acids is 1. The van der Waals surface area contributed by atoms with Crippen molar-refractivity contribution in [2.45, 2.75) is 17.8 Å². The fourth-order valence-corrected chi connectivity index (χ4v) is 0.366. The highest BCUT2D eigenvalue weighted by Gasteiger charge is 2.42. The normalized spacial score (nSPS) is 13.1. The summed E-state index contributed by atoms with van der Waals surface area (Å²) in [4.78, 5) is 19.4. The number of aliphatic carboxylic acids is 1. The monoisotopic (exact) mass is 320 g/mol. The van der Waals surface area contributed by atoms with Crippen molar-refractivity contribution >= 4 is 37.2 Å². The zero-order chi connectivity index (χ0) is 15.1. The molecular weight excluding hydrogens is 314 g/mol. The van der Waals surface area contributed by atoms with Crippen LogP contribution < -0.4 is 0 Å². The van der Waals surface area contributed by atoms with Gasteiger partial charge in [0.05, 0.1) is 5.75 Å². The zero-order valence-electron chi connectivity index (χ0n) is 8.12. The van der Waals surface area contributed by atoms with E-state index in [-0.39, 0.29) is 0 Å². The van der Waals surface area contributed by atoms with Crippen molar-refractivity contribution in [1.82, 2.24) is 0 Å². The fraction of sp³-hybridized carbons (Fsp3) is 0.667. The van der Waals surface area contributed by atoms with Crippen LogP contribution in [0.5, 0.6) is 0 Å². The maximum Gasteiger partial charge on any atom is 0.575 e. The minimum absolute atomic E-state index is 0.570. The largest absolute Gasteiger partial charge is 0.575 e. The summed E-state index contributed by atoms with van der Waals surface area (Å²) in [7, 11) is 0. The molecule has 18 heavy (non-hydrogen) atoms. The van der Waals surface area contributed by atoms with Crippen LogP contribution in [-0.2, 0) is 14.3 Å². The summed E-state index contributed by atoms with van der Waals surface area (Å²) < 4.78 is 69.6. The van der Waals surface area contributed by atoms with E-state index < -0.39 is 35.5 Å². The average molecular weight is 320 g/mol. The first-order chi connectivity index (χ1) is 7.81. The predicted molar refractivity (Wildman–Crippen MR) is 52.5 cm³/mol. The van der Waals surface area contributed by atoms with Crippen LogP contribution in [0.1, 0.15) is 0 Å². The number of esters is 1. The van der Waals surface area contributed by atoms with E-state index in [0.717, 1.165) is 0 Å². The van der Waals surface area contributed by atoms with Crippen molar-refractivity contribution in [2.75, 3.05) is 5.75 Å². The first kappa shape index (κ1) is 19.6. The molecule has 1 N–H and O–H groups in total. The third kappa shape index (κ3) is 11.7. The number of thiol groups is 2. The molecule has 12 heteroatoms. The molecule has 0 rings (SSSR count). The standard InChI is InChI=1S/2C3H3F3O2S/c4-3(5,6)8-2(7)1-9;4-3(5,6)1(9)2(7)8/h9H,1H2;1,9H,(H,7,8). The molecule has 0 aliphatic heterocycles. The second-order valence-electron chi connectivity index (χ2n) is 2.36. The van der Waals surface area contributed by atoms with Crippen LogP contribution in [-0.4, -0.2) is 40.6 Å². The summed E-state index contributed by atoms with van der Waals surface area (Å²) in [6, 6.07) is 0. The number of rotatable bonds is 2. The number of hydrogen-bond acceptors (Lipinski definition) is 5. The molecule has 4 nitrogen and oxygen atoms in total. The van der Waals surface area contributed by atoms with Crippen molar-refractivity contribution < 1.29 is 45.8 Å². The van der Waals surface area contributed by atoms with Crippen LogP contribution in [0.4, 0.5) is 26.3 Å². The Morgan fingerprint density at radius 2 is 1.56 bits per heavy atom. The molecule has 0 heterocycles. The van der Waals surface area contributed by atoms with Crippen molar-refractivity contribution in [1.29, 1.82) is 0 Å². The Bertz CT molecular complexity index is 287. The Balaban J connectivity index is 0. The fourth-order valence-electron chi connectivity index (χ4n) is 0.301. The van der Waals surface area contributed by atoms with Gasteiger partial charge in [-0.2, -0.15) is 38.4 Å². The first-order valence-electron chi connectivity index (χ1n) is 3.68. The van der Waals surface area contributed by atoms with Gasteiger partial charge in [-0.1, -0.05) is 0 Å². The van der Waals surface area contributed by atoms with Gasteiger partial charge in [-0.25, -0.2) is 0 Å². The van der Waals surface area contributed by atoms with E-state index in [4.69, 9.17) is 5.11 Å². The molecule has 0 fully saturated rings. The highest BCUT2D eigenvalue weighted by molar-refractivity contribution is 7.81. The topological polar surface area (TPSA) is 63.6 Å². The molecule has 0 aliphatic carbocycles. The van der Waals surface area contributed by atoms with Gasteiger partial charge in [-0.05, 0) is 0 Å². The van der Waals surface area contributed by atoms with Crippen molar-refractivity contribution in [3.05, 3.63) is 0 Å².